The first-order valence-corrected chi connectivity index (χ1v) is 14.8. The van der Waals surface area contributed by atoms with Crippen molar-refractivity contribution in [3.05, 3.63) is 53.8 Å². The fourth-order valence-corrected chi connectivity index (χ4v) is 6.34. The number of halogens is 3. The summed E-state index contributed by atoms with van der Waals surface area (Å²) in [7, 11) is 0.549. The number of rotatable bonds is 12. The van der Waals surface area contributed by atoms with Crippen LogP contribution in [0.4, 0.5) is 18.9 Å². The van der Waals surface area contributed by atoms with Crippen LogP contribution >= 0.6 is 11.8 Å². The lowest BCUT2D eigenvalue weighted by Crippen LogP contribution is -2.51. The molecule has 0 aromatic heterocycles. The predicted molar refractivity (Wildman–Crippen MR) is 142 cm³/mol. The van der Waals surface area contributed by atoms with Crippen LogP contribution in [0.25, 0.3) is 0 Å². The molecule has 0 aliphatic heterocycles. The average Bonchev–Trinajstić information content (AvgIpc) is 2.88. The summed E-state index contributed by atoms with van der Waals surface area (Å²) in [6, 6.07) is 6.93. The maximum Gasteiger partial charge on any atom is 0.265 e. The number of sulfonamides is 1. The highest BCUT2D eigenvalue weighted by Crippen LogP contribution is 2.32. The number of benzene rings is 2. The molecule has 2 aromatic rings. The van der Waals surface area contributed by atoms with Crippen molar-refractivity contribution in [2.75, 3.05) is 38.8 Å². The fraction of sp³-hybridized carbons (Fsp3) is 0.500. The Morgan fingerprint density at radius 3 is 2.24 bits per heavy atom. The van der Waals surface area contributed by atoms with E-state index in [4.69, 9.17) is 4.74 Å². The highest BCUT2D eigenvalue weighted by atomic mass is 32.2. The molecule has 1 aliphatic rings. The van der Waals surface area contributed by atoms with Crippen molar-refractivity contribution >= 4 is 33.4 Å². The molecule has 2 aromatic carbocycles. The summed E-state index contributed by atoms with van der Waals surface area (Å²) < 4.78 is 76.4. The van der Waals surface area contributed by atoms with E-state index in [1.54, 1.807) is 12.1 Å². The van der Waals surface area contributed by atoms with Gasteiger partial charge >= 0.3 is 0 Å². The zero-order valence-corrected chi connectivity index (χ0v) is 23.4. The lowest BCUT2D eigenvalue weighted by atomic mass is 9.84. The van der Waals surface area contributed by atoms with E-state index in [9.17, 15) is 17.6 Å². The molecule has 1 fully saturated rings. The Morgan fingerprint density at radius 2 is 1.68 bits per heavy atom. The number of hydrogen-bond donors (Lipinski definition) is 2. The van der Waals surface area contributed by atoms with E-state index in [0.29, 0.717) is 56.5 Å². The highest BCUT2D eigenvalue weighted by Gasteiger charge is 2.41. The van der Waals surface area contributed by atoms with Gasteiger partial charge in [0.05, 0.1) is 4.90 Å². The topological polar surface area (TPSA) is 87.7 Å². The van der Waals surface area contributed by atoms with Crippen molar-refractivity contribution in [2.45, 2.75) is 60.0 Å². The van der Waals surface area contributed by atoms with Gasteiger partial charge in [-0.05, 0) is 76.3 Å². The van der Waals surface area contributed by atoms with Crippen molar-refractivity contribution in [1.82, 2.24) is 9.62 Å². The Balaban J connectivity index is 1.77. The van der Waals surface area contributed by atoms with E-state index >= 15 is 8.78 Å². The minimum Gasteiger partial charge on any atom is -0.377 e. The van der Waals surface area contributed by atoms with E-state index in [0.717, 1.165) is 11.3 Å². The Morgan fingerprint density at radius 1 is 1.08 bits per heavy atom. The van der Waals surface area contributed by atoms with Gasteiger partial charge in [0.15, 0.2) is 11.6 Å². The fourth-order valence-electron chi connectivity index (χ4n) is 4.31. The third-order valence-corrected chi connectivity index (χ3v) is 9.04. The number of anilines is 1. The maximum absolute atomic E-state index is 15.1. The van der Waals surface area contributed by atoms with E-state index < -0.39 is 43.7 Å². The smallest absolute Gasteiger partial charge is 0.265 e. The molecular formula is C26H34F3N3O4S2. The van der Waals surface area contributed by atoms with Crippen molar-refractivity contribution in [2.24, 2.45) is 0 Å². The molecule has 0 spiro atoms. The zero-order chi connectivity index (χ0) is 27.9. The van der Waals surface area contributed by atoms with Gasteiger partial charge in [-0.25, -0.2) is 26.3 Å². The van der Waals surface area contributed by atoms with Gasteiger partial charge in [-0.1, -0.05) is 19.3 Å². The van der Waals surface area contributed by atoms with Gasteiger partial charge in [0.2, 0.25) is 0 Å². The summed E-state index contributed by atoms with van der Waals surface area (Å²) in [6.45, 7) is 0.630. The quantitative estimate of drug-likeness (QED) is 0.354. The van der Waals surface area contributed by atoms with Gasteiger partial charge in [0, 0.05) is 23.8 Å². The summed E-state index contributed by atoms with van der Waals surface area (Å²) >= 11 is 1.40. The summed E-state index contributed by atoms with van der Waals surface area (Å²) in [5.74, 6) is -2.97. The van der Waals surface area contributed by atoms with Gasteiger partial charge in [-0.2, -0.15) is 0 Å². The number of amides is 1. The Bertz CT molecular complexity index is 1180. The molecule has 210 valence electrons. The largest absolute Gasteiger partial charge is 0.377 e. The number of carbonyl (C=O) groups is 1. The maximum atomic E-state index is 15.1. The predicted octanol–water partition coefficient (Wildman–Crippen LogP) is 4.78. The van der Waals surface area contributed by atoms with Crippen LogP contribution in [-0.2, 0) is 19.6 Å². The monoisotopic (exact) mass is 573 g/mol. The lowest BCUT2D eigenvalue weighted by Gasteiger charge is -2.34. The number of carbonyl (C=O) groups excluding carboxylic acids is 1. The van der Waals surface area contributed by atoms with Gasteiger partial charge in [0.1, 0.15) is 17.1 Å². The summed E-state index contributed by atoms with van der Waals surface area (Å²) in [6.07, 6.45) is 3.59. The van der Waals surface area contributed by atoms with E-state index in [-0.39, 0.29) is 11.9 Å². The molecule has 1 amide bonds. The van der Waals surface area contributed by atoms with Crippen molar-refractivity contribution in [1.29, 1.82) is 0 Å². The Hall–Kier alpha value is -2.28. The second kappa shape index (κ2) is 13.2. The second-order valence-corrected chi connectivity index (χ2v) is 12.4. The number of ether oxygens (including phenoxy) is 1. The molecule has 38 heavy (non-hydrogen) atoms. The molecule has 2 N–H and O–H groups in total. The van der Waals surface area contributed by atoms with Crippen LogP contribution in [0.2, 0.25) is 0 Å². The number of thioether (sulfide) groups is 1. The first kappa shape index (κ1) is 30.3. The minimum atomic E-state index is -4.55. The van der Waals surface area contributed by atoms with E-state index in [1.165, 1.54) is 31.0 Å². The third kappa shape index (κ3) is 7.87. The lowest BCUT2D eigenvalue weighted by molar-refractivity contribution is -0.145. The summed E-state index contributed by atoms with van der Waals surface area (Å²) in [5, 5.41) is 2.87. The molecule has 3 rings (SSSR count). The van der Waals surface area contributed by atoms with Gasteiger partial charge in [0.25, 0.3) is 15.9 Å². The molecule has 0 bridgehead atoms. The van der Waals surface area contributed by atoms with E-state index in [1.807, 2.05) is 23.7 Å². The minimum absolute atomic E-state index is 0.358. The molecule has 0 unspecified atom stereocenters. The highest BCUT2D eigenvalue weighted by molar-refractivity contribution is 7.99. The summed E-state index contributed by atoms with van der Waals surface area (Å²) in [5.41, 5.74) is -1.74. The Labute approximate surface area is 226 Å². The van der Waals surface area contributed by atoms with Crippen molar-refractivity contribution in [3.8, 4) is 0 Å². The number of nitrogens with one attached hydrogen (secondary N) is 2. The van der Waals surface area contributed by atoms with Gasteiger partial charge in [-0.15, -0.1) is 11.8 Å². The molecule has 0 saturated heterocycles. The molecule has 1 atom stereocenters. The average molecular weight is 574 g/mol. The normalized spacial score (nSPS) is 16.3. The summed E-state index contributed by atoms with van der Waals surface area (Å²) in [4.78, 5) is 14.9. The molecule has 0 radical (unpaired) electrons. The second-order valence-electron chi connectivity index (χ2n) is 9.65. The van der Waals surface area contributed by atoms with Crippen LogP contribution in [0.1, 0.15) is 38.5 Å². The van der Waals surface area contributed by atoms with Crippen LogP contribution in [0.15, 0.2) is 46.2 Å². The standard InChI is InChI=1S/C26H34F3N3O4S2/c1-32(2)14-11-19(17-37-20-9-7-18(27)8-10-20)30-24-22(28)15-21(16-23(24)29)38(34,35)31-25(33)26(36-3)12-5-4-6-13-26/h7-10,15-16,19,30H,4-6,11-14,17H2,1-3H3,(H,31,33)/t19-/m1/s1. The van der Waals surface area contributed by atoms with Crippen LogP contribution in [0.5, 0.6) is 0 Å². The molecule has 0 heterocycles. The first-order valence-electron chi connectivity index (χ1n) is 12.4. The molecule has 1 saturated carbocycles. The van der Waals surface area contributed by atoms with Crippen molar-refractivity contribution in [3.63, 3.8) is 0 Å². The first-order chi connectivity index (χ1) is 18.0. The number of methoxy groups -OCH3 is 1. The van der Waals surface area contributed by atoms with Crippen LogP contribution in [-0.4, -0.2) is 64.4 Å². The molecular weight excluding hydrogens is 539 g/mol. The van der Waals surface area contributed by atoms with Gasteiger partial charge in [-0.3, -0.25) is 4.79 Å². The molecule has 7 nitrogen and oxygen atoms in total. The number of nitrogens with zero attached hydrogens (tertiary/aromatic N) is 1. The van der Waals surface area contributed by atoms with Gasteiger partial charge < -0.3 is 15.0 Å². The van der Waals surface area contributed by atoms with Crippen LogP contribution < -0.4 is 10.0 Å². The van der Waals surface area contributed by atoms with Crippen LogP contribution in [0.3, 0.4) is 0 Å². The van der Waals surface area contributed by atoms with E-state index in [2.05, 4.69) is 5.32 Å². The third-order valence-electron chi connectivity index (χ3n) is 6.56. The molecule has 1 aliphatic carbocycles. The van der Waals surface area contributed by atoms with Crippen LogP contribution in [0, 0.1) is 17.5 Å². The Kier molecular flexibility index (Phi) is 10.5. The number of hydrogen-bond acceptors (Lipinski definition) is 7. The zero-order valence-electron chi connectivity index (χ0n) is 21.7. The SMILES string of the molecule is COC1(C(=O)NS(=O)(=O)c2cc(F)c(N[C@H](CCN(C)C)CSc3ccc(F)cc3)c(F)c2)CCCCC1. The van der Waals surface area contributed by atoms with Crippen molar-refractivity contribution < 1.29 is 31.1 Å². The molecule has 12 heteroatoms.